The molecule has 2 aliphatic rings. The largest absolute Gasteiger partial charge is 0.481 e. The van der Waals surface area contributed by atoms with E-state index in [-0.39, 0.29) is 25.0 Å². The monoisotopic (exact) mass is 280 g/mol. The van der Waals surface area contributed by atoms with Crippen molar-refractivity contribution in [2.45, 2.75) is 31.5 Å². The van der Waals surface area contributed by atoms with Crippen LogP contribution in [0.1, 0.15) is 19.3 Å². The van der Waals surface area contributed by atoms with Gasteiger partial charge >= 0.3 is 12.1 Å². The second kappa shape index (κ2) is 4.66. The van der Waals surface area contributed by atoms with Crippen LogP contribution in [0.2, 0.25) is 0 Å². The molecule has 1 saturated heterocycles. The molecule has 0 aromatic rings. The molecule has 5 nitrogen and oxygen atoms in total. The Morgan fingerprint density at radius 3 is 2.42 bits per heavy atom. The average molecular weight is 280 g/mol. The molecule has 1 atom stereocenters. The third-order valence-corrected chi connectivity index (χ3v) is 3.61. The Morgan fingerprint density at radius 1 is 1.37 bits per heavy atom. The number of carbonyl (C=O) groups excluding carboxylic acids is 1. The number of amides is 1. The minimum Gasteiger partial charge on any atom is -0.481 e. The van der Waals surface area contributed by atoms with Gasteiger partial charge in [-0.15, -0.1) is 0 Å². The van der Waals surface area contributed by atoms with Gasteiger partial charge in [-0.05, 0) is 19.3 Å². The lowest BCUT2D eigenvalue weighted by atomic mass is 9.86. The summed E-state index contributed by atoms with van der Waals surface area (Å²) >= 11 is 0. The molecule has 1 heterocycles. The maximum Gasteiger partial charge on any atom is 0.406 e. The van der Waals surface area contributed by atoms with Crippen molar-refractivity contribution < 1.29 is 27.9 Å². The fourth-order valence-electron chi connectivity index (χ4n) is 2.26. The van der Waals surface area contributed by atoms with Gasteiger partial charge in [-0.1, -0.05) is 0 Å². The van der Waals surface area contributed by atoms with Gasteiger partial charge in [-0.2, -0.15) is 13.2 Å². The molecule has 8 heteroatoms. The molecule has 1 saturated carbocycles. The van der Waals surface area contributed by atoms with Crippen LogP contribution in [0.15, 0.2) is 0 Å². The quantitative estimate of drug-likeness (QED) is 0.791. The minimum absolute atomic E-state index is 0.0378. The maximum atomic E-state index is 12.9. The number of rotatable bonds is 4. The minimum atomic E-state index is -4.81. The summed E-state index contributed by atoms with van der Waals surface area (Å²) in [6, 6.07) is 0.141. The van der Waals surface area contributed by atoms with Crippen LogP contribution in [-0.4, -0.2) is 53.7 Å². The van der Waals surface area contributed by atoms with Gasteiger partial charge in [0.1, 0.15) is 0 Å². The molecule has 2 rings (SSSR count). The van der Waals surface area contributed by atoms with Gasteiger partial charge in [-0.3, -0.25) is 14.5 Å². The number of hydrogen-bond acceptors (Lipinski definition) is 3. The molecule has 2 fully saturated rings. The van der Waals surface area contributed by atoms with E-state index in [1.807, 2.05) is 0 Å². The van der Waals surface area contributed by atoms with Crippen molar-refractivity contribution in [3.05, 3.63) is 0 Å². The van der Waals surface area contributed by atoms with Gasteiger partial charge in [0.15, 0.2) is 5.41 Å². The number of carboxylic acids is 1. The Morgan fingerprint density at radius 2 is 2.00 bits per heavy atom. The highest BCUT2D eigenvalue weighted by Crippen LogP contribution is 2.45. The van der Waals surface area contributed by atoms with Crippen LogP contribution in [0.5, 0.6) is 0 Å². The Balaban J connectivity index is 1.96. The molecule has 1 aliphatic heterocycles. The third-order valence-electron chi connectivity index (χ3n) is 3.61. The molecule has 0 bridgehead atoms. The van der Waals surface area contributed by atoms with Crippen LogP contribution >= 0.6 is 0 Å². The molecular formula is C11H15F3N2O3. The van der Waals surface area contributed by atoms with Gasteiger partial charge in [0.2, 0.25) is 5.91 Å². The molecule has 1 unspecified atom stereocenters. The van der Waals surface area contributed by atoms with E-state index in [0.29, 0.717) is 0 Å². The smallest absolute Gasteiger partial charge is 0.406 e. The van der Waals surface area contributed by atoms with Crippen molar-refractivity contribution in [3.63, 3.8) is 0 Å². The lowest BCUT2D eigenvalue weighted by Gasteiger charge is -2.27. The summed E-state index contributed by atoms with van der Waals surface area (Å²) in [5.41, 5.74) is -2.74. The molecule has 108 valence electrons. The predicted molar refractivity (Wildman–Crippen MR) is 58.3 cm³/mol. The standard InChI is InChI=1S/C11H15F3N2O3/c12-11(13,14)10(9(18)19)3-4-16(6-10)5-8(17)15-7-1-2-7/h7H,1-6H2,(H,15,17)(H,18,19). The number of alkyl halides is 3. The number of hydrogen-bond donors (Lipinski definition) is 2. The summed E-state index contributed by atoms with van der Waals surface area (Å²) in [6.45, 7) is -0.880. The fourth-order valence-corrected chi connectivity index (χ4v) is 2.26. The van der Waals surface area contributed by atoms with Crippen molar-refractivity contribution in [2.75, 3.05) is 19.6 Å². The predicted octanol–water partition coefficient (Wildman–Crippen LogP) is 0.604. The van der Waals surface area contributed by atoms with Crippen LogP contribution in [0.25, 0.3) is 0 Å². The summed E-state index contributed by atoms with van der Waals surface area (Å²) in [5, 5.41) is 11.5. The van der Waals surface area contributed by atoms with Crippen LogP contribution in [0.3, 0.4) is 0 Å². The fraction of sp³-hybridized carbons (Fsp3) is 0.818. The summed E-state index contributed by atoms with van der Waals surface area (Å²) in [5.74, 6) is -2.21. The van der Waals surface area contributed by atoms with E-state index in [1.54, 1.807) is 0 Å². The molecule has 2 N–H and O–H groups in total. The third kappa shape index (κ3) is 2.83. The zero-order valence-corrected chi connectivity index (χ0v) is 10.2. The molecule has 1 amide bonds. The summed E-state index contributed by atoms with van der Waals surface area (Å²) < 4.78 is 38.7. The summed E-state index contributed by atoms with van der Waals surface area (Å²) in [4.78, 5) is 23.7. The second-order valence-electron chi connectivity index (χ2n) is 5.19. The number of nitrogens with one attached hydrogen (secondary N) is 1. The lowest BCUT2D eigenvalue weighted by molar-refractivity contribution is -0.227. The van der Waals surface area contributed by atoms with Crippen molar-refractivity contribution in [1.82, 2.24) is 10.2 Å². The van der Waals surface area contributed by atoms with E-state index in [1.165, 1.54) is 4.90 Å². The highest BCUT2D eigenvalue weighted by Gasteiger charge is 2.63. The number of aliphatic carboxylic acids is 1. The van der Waals surface area contributed by atoms with E-state index in [2.05, 4.69) is 5.32 Å². The second-order valence-corrected chi connectivity index (χ2v) is 5.19. The molecule has 0 aromatic carbocycles. The Hall–Kier alpha value is -1.31. The van der Waals surface area contributed by atoms with Gasteiger partial charge in [0, 0.05) is 19.1 Å². The topological polar surface area (TPSA) is 69.6 Å². The normalized spacial score (nSPS) is 28.4. The SMILES string of the molecule is O=C(CN1CCC(C(=O)O)(C(F)(F)F)C1)NC1CC1. The zero-order chi connectivity index (χ0) is 14.3. The van der Waals surface area contributed by atoms with Gasteiger partial charge in [0.05, 0.1) is 6.54 Å². The molecule has 19 heavy (non-hydrogen) atoms. The van der Waals surface area contributed by atoms with Crippen LogP contribution in [-0.2, 0) is 9.59 Å². The van der Waals surface area contributed by atoms with Crippen molar-refractivity contribution in [1.29, 1.82) is 0 Å². The van der Waals surface area contributed by atoms with Gasteiger partial charge in [-0.25, -0.2) is 0 Å². The summed E-state index contributed by atoms with van der Waals surface area (Å²) in [6.07, 6.45) is -3.52. The number of halogens is 3. The van der Waals surface area contributed by atoms with Crippen molar-refractivity contribution in [3.8, 4) is 0 Å². The van der Waals surface area contributed by atoms with E-state index in [4.69, 9.17) is 5.11 Å². The van der Waals surface area contributed by atoms with E-state index in [9.17, 15) is 22.8 Å². The Bertz CT molecular complexity index is 395. The average Bonchev–Trinajstić information content (AvgIpc) is 2.93. The summed E-state index contributed by atoms with van der Waals surface area (Å²) in [7, 11) is 0. The van der Waals surface area contributed by atoms with Gasteiger partial charge in [0.25, 0.3) is 0 Å². The van der Waals surface area contributed by atoms with Crippen LogP contribution in [0, 0.1) is 5.41 Å². The first-order valence-electron chi connectivity index (χ1n) is 6.06. The van der Waals surface area contributed by atoms with E-state index < -0.39 is 30.5 Å². The van der Waals surface area contributed by atoms with Gasteiger partial charge < -0.3 is 10.4 Å². The van der Waals surface area contributed by atoms with Crippen molar-refractivity contribution >= 4 is 11.9 Å². The Kier molecular flexibility index (Phi) is 3.46. The number of carbonyl (C=O) groups is 2. The highest BCUT2D eigenvalue weighted by atomic mass is 19.4. The Labute approximate surface area is 107 Å². The van der Waals surface area contributed by atoms with E-state index in [0.717, 1.165) is 12.8 Å². The maximum absolute atomic E-state index is 12.9. The zero-order valence-electron chi connectivity index (χ0n) is 10.2. The van der Waals surface area contributed by atoms with Crippen LogP contribution in [0.4, 0.5) is 13.2 Å². The lowest BCUT2D eigenvalue weighted by Crippen LogP contribution is -2.48. The molecule has 0 radical (unpaired) electrons. The first-order chi connectivity index (χ1) is 8.74. The molecule has 0 spiro atoms. The number of likely N-dealkylation sites (tertiary alicyclic amines) is 1. The van der Waals surface area contributed by atoms with Crippen LogP contribution < -0.4 is 5.32 Å². The highest BCUT2D eigenvalue weighted by molar-refractivity contribution is 5.80. The first kappa shape index (κ1) is 14.1. The van der Waals surface area contributed by atoms with Crippen molar-refractivity contribution in [2.24, 2.45) is 5.41 Å². The molecule has 0 aromatic heterocycles. The first-order valence-corrected chi connectivity index (χ1v) is 6.06. The number of carboxylic acid groups (broad SMARTS) is 1. The molecular weight excluding hydrogens is 265 g/mol. The van der Waals surface area contributed by atoms with E-state index >= 15 is 0 Å². The molecule has 1 aliphatic carbocycles. The number of nitrogens with zero attached hydrogens (tertiary/aromatic N) is 1.